The third-order valence-electron chi connectivity index (χ3n) is 4.25. The second kappa shape index (κ2) is 8.62. The zero-order valence-electron chi connectivity index (χ0n) is 13.5. The van der Waals surface area contributed by atoms with Crippen LogP contribution >= 0.6 is 23.7 Å². The standard InChI is InChI=1S/C16H21N3O3S.ClH/c1-21-11-16(4-6-17-7-5-16)10-18-15(20)12-9-13(22-19-12)14-3-2-8-23-14;/h2-3,8-9,17H,4-7,10-11H2,1H3,(H,18,20);1H. The van der Waals surface area contributed by atoms with Gasteiger partial charge in [-0.3, -0.25) is 4.79 Å². The SMILES string of the molecule is COCC1(CNC(=O)c2cc(-c3cccs3)on2)CCNCC1.Cl. The Balaban J connectivity index is 0.00000208. The zero-order valence-corrected chi connectivity index (χ0v) is 15.2. The number of rotatable bonds is 6. The first-order valence-electron chi connectivity index (χ1n) is 7.71. The van der Waals surface area contributed by atoms with Gasteiger partial charge in [-0.25, -0.2) is 0 Å². The predicted octanol–water partition coefficient (Wildman–Crippen LogP) is 2.57. The van der Waals surface area contributed by atoms with Crippen LogP contribution in [0.5, 0.6) is 0 Å². The van der Waals surface area contributed by atoms with E-state index in [2.05, 4.69) is 15.8 Å². The van der Waals surface area contributed by atoms with Gasteiger partial charge in [0.1, 0.15) is 0 Å². The minimum Gasteiger partial charge on any atom is -0.384 e. The third-order valence-corrected chi connectivity index (χ3v) is 5.13. The second-order valence-corrected chi connectivity index (χ2v) is 6.87. The number of carbonyl (C=O) groups is 1. The van der Waals surface area contributed by atoms with Crippen molar-refractivity contribution in [2.45, 2.75) is 12.8 Å². The molecule has 0 saturated carbocycles. The molecule has 0 unspecified atom stereocenters. The fourth-order valence-electron chi connectivity index (χ4n) is 2.91. The molecule has 1 aliphatic rings. The van der Waals surface area contributed by atoms with E-state index in [1.165, 1.54) is 0 Å². The van der Waals surface area contributed by atoms with Gasteiger partial charge in [-0.1, -0.05) is 11.2 Å². The van der Waals surface area contributed by atoms with Crippen LogP contribution in [0, 0.1) is 5.41 Å². The Morgan fingerprint density at radius 1 is 1.50 bits per heavy atom. The first-order valence-corrected chi connectivity index (χ1v) is 8.59. The van der Waals surface area contributed by atoms with E-state index in [4.69, 9.17) is 9.26 Å². The van der Waals surface area contributed by atoms with Crippen molar-refractivity contribution < 1.29 is 14.1 Å². The highest BCUT2D eigenvalue weighted by Crippen LogP contribution is 2.29. The molecule has 3 rings (SSSR count). The number of nitrogens with one attached hydrogen (secondary N) is 2. The number of piperidine rings is 1. The molecule has 1 fully saturated rings. The van der Waals surface area contributed by atoms with Crippen LogP contribution in [0.4, 0.5) is 0 Å². The number of nitrogens with zero attached hydrogens (tertiary/aromatic N) is 1. The van der Waals surface area contributed by atoms with Crippen LogP contribution in [0.2, 0.25) is 0 Å². The van der Waals surface area contributed by atoms with Crippen molar-refractivity contribution in [3.8, 4) is 10.6 Å². The quantitative estimate of drug-likeness (QED) is 0.816. The van der Waals surface area contributed by atoms with E-state index in [1.54, 1.807) is 24.5 Å². The lowest BCUT2D eigenvalue weighted by Gasteiger charge is -2.37. The van der Waals surface area contributed by atoms with E-state index in [1.807, 2.05) is 17.5 Å². The van der Waals surface area contributed by atoms with Crippen LogP contribution in [0.1, 0.15) is 23.3 Å². The van der Waals surface area contributed by atoms with Crippen molar-refractivity contribution in [2.75, 3.05) is 33.4 Å². The molecule has 2 N–H and O–H groups in total. The van der Waals surface area contributed by atoms with E-state index < -0.39 is 0 Å². The molecule has 0 bridgehead atoms. The minimum atomic E-state index is -0.203. The number of methoxy groups -OCH3 is 1. The molecular weight excluding hydrogens is 350 g/mol. The molecule has 0 aliphatic carbocycles. The summed E-state index contributed by atoms with van der Waals surface area (Å²) in [4.78, 5) is 13.3. The number of halogens is 1. The Bertz CT molecular complexity index is 633. The summed E-state index contributed by atoms with van der Waals surface area (Å²) in [5.74, 6) is 0.421. The van der Waals surface area contributed by atoms with Crippen molar-refractivity contribution in [2.24, 2.45) is 5.41 Å². The summed E-state index contributed by atoms with van der Waals surface area (Å²) in [7, 11) is 1.70. The van der Waals surface area contributed by atoms with Crippen molar-refractivity contribution >= 4 is 29.7 Å². The number of amides is 1. The summed E-state index contributed by atoms with van der Waals surface area (Å²) in [5.41, 5.74) is 0.311. The van der Waals surface area contributed by atoms with E-state index in [0.717, 1.165) is 30.8 Å². The second-order valence-electron chi connectivity index (χ2n) is 5.92. The number of carbonyl (C=O) groups excluding carboxylic acids is 1. The van der Waals surface area contributed by atoms with Gasteiger partial charge < -0.3 is 19.9 Å². The molecule has 3 heterocycles. The number of hydrogen-bond donors (Lipinski definition) is 2. The molecule has 1 aliphatic heterocycles. The van der Waals surface area contributed by atoms with Gasteiger partial charge in [0, 0.05) is 25.1 Å². The van der Waals surface area contributed by atoms with Gasteiger partial charge in [0.05, 0.1) is 11.5 Å². The molecule has 0 radical (unpaired) electrons. The average Bonchev–Trinajstić information content (AvgIpc) is 3.25. The summed E-state index contributed by atoms with van der Waals surface area (Å²) in [5, 5.41) is 12.2. The van der Waals surface area contributed by atoms with E-state index in [-0.39, 0.29) is 23.7 Å². The Labute approximate surface area is 151 Å². The average molecular weight is 372 g/mol. The van der Waals surface area contributed by atoms with Gasteiger partial charge in [0.15, 0.2) is 11.5 Å². The molecule has 24 heavy (non-hydrogen) atoms. The first kappa shape index (κ1) is 18.9. The maximum Gasteiger partial charge on any atom is 0.273 e. The maximum atomic E-state index is 12.3. The molecular formula is C16H22ClN3O3S. The van der Waals surface area contributed by atoms with Crippen LogP contribution in [0.25, 0.3) is 10.6 Å². The predicted molar refractivity (Wildman–Crippen MR) is 95.8 cm³/mol. The number of aromatic nitrogens is 1. The highest BCUT2D eigenvalue weighted by atomic mass is 35.5. The molecule has 1 amide bonds. The van der Waals surface area contributed by atoms with Gasteiger partial charge in [0.2, 0.25) is 0 Å². The highest BCUT2D eigenvalue weighted by molar-refractivity contribution is 7.13. The van der Waals surface area contributed by atoms with Gasteiger partial charge in [0.25, 0.3) is 5.91 Å². The first-order chi connectivity index (χ1) is 11.2. The molecule has 2 aromatic rings. The maximum absolute atomic E-state index is 12.3. The van der Waals surface area contributed by atoms with Gasteiger partial charge in [-0.05, 0) is 37.4 Å². The Kier molecular flexibility index (Phi) is 6.79. The van der Waals surface area contributed by atoms with Crippen molar-refractivity contribution in [1.82, 2.24) is 15.8 Å². The van der Waals surface area contributed by atoms with Crippen molar-refractivity contribution in [3.05, 3.63) is 29.3 Å². The van der Waals surface area contributed by atoms with Gasteiger partial charge in [-0.2, -0.15) is 0 Å². The summed E-state index contributed by atoms with van der Waals surface area (Å²) >= 11 is 1.55. The normalized spacial score (nSPS) is 16.4. The Hall–Kier alpha value is -1.41. The molecule has 2 aromatic heterocycles. The molecule has 0 spiro atoms. The molecule has 1 saturated heterocycles. The highest BCUT2D eigenvalue weighted by Gasteiger charge is 2.32. The topological polar surface area (TPSA) is 76.4 Å². The summed E-state index contributed by atoms with van der Waals surface area (Å²) in [6.45, 7) is 3.13. The molecule has 0 atom stereocenters. The Morgan fingerprint density at radius 3 is 2.96 bits per heavy atom. The number of hydrogen-bond acceptors (Lipinski definition) is 6. The van der Waals surface area contributed by atoms with Crippen LogP contribution in [-0.4, -0.2) is 44.4 Å². The number of ether oxygens (including phenoxy) is 1. The minimum absolute atomic E-state index is 0. The lowest BCUT2D eigenvalue weighted by atomic mass is 9.79. The monoisotopic (exact) mass is 371 g/mol. The molecule has 8 heteroatoms. The van der Waals surface area contributed by atoms with E-state index in [0.29, 0.717) is 24.6 Å². The van der Waals surface area contributed by atoms with Crippen LogP contribution in [0.15, 0.2) is 28.1 Å². The molecule has 132 valence electrons. The smallest absolute Gasteiger partial charge is 0.273 e. The number of thiophene rings is 1. The summed E-state index contributed by atoms with van der Waals surface area (Å²) in [6.07, 6.45) is 1.97. The molecule has 0 aromatic carbocycles. The van der Waals surface area contributed by atoms with Crippen LogP contribution in [-0.2, 0) is 4.74 Å². The van der Waals surface area contributed by atoms with E-state index >= 15 is 0 Å². The largest absolute Gasteiger partial charge is 0.384 e. The lowest BCUT2D eigenvalue weighted by Crippen LogP contribution is -2.47. The van der Waals surface area contributed by atoms with Gasteiger partial charge in [-0.15, -0.1) is 23.7 Å². The van der Waals surface area contributed by atoms with Crippen molar-refractivity contribution in [1.29, 1.82) is 0 Å². The van der Waals surface area contributed by atoms with Crippen molar-refractivity contribution in [3.63, 3.8) is 0 Å². The summed E-state index contributed by atoms with van der Waals surface area (Å²) < 4.78 is 10.6. The molecule has 6 nitrogen and oxygen atoms in total. The third kappa shape index (κ3) is 4.36. The van der Waals surface area contributed by atoms with Gasteiger partial charge >= 0.3 is 0 Å². The van der Waals surface area contributed by atoms with Crippen LogP contribution < -0.4 is 10.6 Å². The van der Waals surface area contributed by atoms with Crippen LogP contribution in [0.3, 0.4) is 0 Å². The fraction of sp³-hybridized carbons (Fsp3) is 0.500. The summed E-state index contributed by atoms with van der Waals surface area (Å²) in [6, 6.07) is 5.57. The fourth-order valence-corrected chi connectivity index (χ4v) is 3.58. The lowest BCUT2D eigenvalue weighted by molar-refractivity contribution is 0.0510. The zero-order chi connectivity index (χ0) is 16.1. The van der Waals surface area contributed by atoms with E-state index in [9.17, 15) is 4.79 Å². The Morgan fingerprint density at radius 2 is 2.29 bits per heavy atom.